The van der Waals surface area contributed by atoms with Gasteiger partial charge in [-0.1, -0.05) is 11.8 Å². The zero-order valence-corrected chi connectivity index (χ0v) is 16.2. The molecule has 0 saturated heterocycles. The van der Waals surface area contributed by atoms with Gasteiger partial charge in [-0.3, -0.25) is 4.79 Å². The van der Waals surface area contributed by atoms with Crippen molar-refractivity contribution < 1.29 is 14.3 Å². The summed E-state index contributed by atoms with van der Waals surface area (Å²) < 4.78 is 7.07. The average molecular weight is 363 g/mol. The lowest BCUT2D eigenvalue weighted by molar-refractivity contribution is -0.119. The van der Waals surface area contributed by atoms with Gasteiger partial charge in [0, 0.05) is 12.1 Å². The second-order valence-electron chi connectivity index (χ2n) is 6.65. The summed E-state index contributed by atoms with van der Waals surface area (Å²) in [5, 5.41) is 3.71. The molecule has 1 heterocycles. The van der Waals surface area contributed by atoms with E-state index in [-0.39, 0.29) is 17.4 Å². The first kappa shape index (κ1) is 19.3. The molecule has 136 valence electrons. The van der Waals surface area contributed by atoms with Gasteiger partial charge in [0.25, 0.3) is 0 Å². The number of hydrogen-bond acceptors (Lipinski definition) is 5. The number of hydrogen-bond donors (Lipinski definition) is 1. The number of fused-ring (bicyclic) bond motifs is 1. The van der Waals surface area contributed by atoms with Crippen LogP contribution in [0.3, 0.4) is 0 Å². The molecule has 0 atom stereocenters. The third-order valence-electron chi connectivity index (χ3n) is 3.39. The zero-order valence-electron chi connectivity index (χ0n) is 15.4. The molecule has 0 fully saturated rings. The van der Waals surface area contributed by atoms with Gasteiger partial charge >= 0.3 is 5.97 Å². The number of thioether (sulfide) groups is 1. The van der Waals surface area contributed by atoms with Crippen LogP contribution in [0.4, 0.5) is 0 Å². The van der Waals surface area contributed by atoms with Crippen molar-refractivity contribution in [3.8, 4) is 0 Å². The summed E-state index contributed by atoms with van der Waals surface area (Å²) in [5.74, 6) is -0.0839. The number of nitrogens with zero attached hydrogens (tertiary/aromatic N) is 2. The van der Waals surface area contributed by atoms with Crippen molar-refractivity contribution in [1.82, 2.24) is 14.9 Å². The van der Waals surface area contributed by atoms with Crippen LogP contribution >= 0.6 is 11.8 Å². The number of ether oxygens (including phenoxy) is 1. The molecule has 0 aliphatic rings. The standard InChI is InChI=1S/C18H25N3O3S/c1-6-21-14-9-8-12(16(23)24-7-2)10-13(14)19-17(21)25-11-15(22)20-18(3,4)5/h8-10H,6-7,11H2,1-5H3,(H,20,22). The summed E-state index contributed by atoms with van der Waals surface area (Å²) in [7, 11) is 0. The first-order valence-electron chi connectivity index (χ1n) is 8.36. The molecule has 1 aromatic heterocycles. The Kier molecular flexibility index (Phi) is 6.11. The number of imidazole rings is 1. The summed E-state index contributed by atoms with van der Waals surface area (Å²) in [5.41, 5.74) is 1.90. The van der Waals surface area contributed by atoms with Crippen molar-refractivity contribution >= 4 is 34.7 Å². The summed E-state index contributed by atoms with van der Waals surface area (Å²) in [6.45, 7) is 10.7. The summed E-state index contributed by atoms with van der Waals surface area (Å²) >= 11 is 1.39. The number of aromatic nitrogens is 2. The van der Waals surface area contributed by atoms with Crippen LogP contribution in [0.15, 0.2) is 23.4 Å². The fraction of sp³-hybridized carbons (Fsp3) is 0.500. The van der Waals surface area contributed by atoms with Gasteiger partial charge in [-0.05, 0) is 52.8 Å². The Hall–Kier alpha value is -2.02. The quantitative estimate of drug-likeness (QED) is 0.630. The van der Waals surface area contributed by atoms with Gasteiger partial charge in [0.1, 0.15) is 0 Å². The number of nitrogens with one attached hydrogen (secondary N) is 1. The summed E-state index contributed by atoms with van der Waals surface area (Å²) in [6, 6.07) is 5.35. The van der Waals surface area contributed by atoms with E-state index >= 15 is 0 Å². The molecule has 1 amide bonds. The Bertz CT molecular complexity index is 778. The van der Waals surface area contributed by atoms with Gasteiger partial charge in [0.2, 0.25) is 5.91 Å². The fourth-order valence-electron chi connectivity index (χ4n) is 2.45. The highest BCUT2D eigenvalue weighted by molar-refractivity contribution is 7.99. The minimum Gasteiger partial charge on any atom is -0.462 e. The smallest absolute Gasteiger partial charge is 0.338 e. The lowest BCUT2D eigenvalue weighted by Gasteiger charge is -2.20. The Morgan fingerprint density at radius 3 is 2.60 bits per heavy atom. The van der Waals surface area contributed by atoms with E-state index in [2.05, 4.69) is 10.3 Å². The predicted octanol–water partition coefficient (Wildman–Crippen LogP) is 3.24. The maximum atomic E-state index is 12.0. The van der Waals surface area contributed by atoms with Gasteiger partial charge in [-0.25, -0.2) is 9.78 Å². The van der Waals surface area contributed by atoms with E-state index in [1.807, 2.05) is 38.3 Å². The van der Waals surface area contributed by atoms with E-state index in [1.165, 1.54) is 11.8 Å². The minimum atomic E-state index is -0.353. The molecule has 7 heteroatoms. The van der Waals surface area contributed by atoms with Crippen LogP contribution in [0.2, 0.25) is 0 Å². The third kappa shape index (κ3) is 4.98. The minimum absolute atomic E-state index is 0.0283. The van der Waals surface area contributed by atoms with E-state index in [0.29, 0.717) is 17.9 Å². The SMILES string of the molecule is CCOC(=O)c1ccc2c(c1)nc(SCC(=O)NC(C)(C)C)n2CC. The molecule has 6 nitrogen and oxygen atoms in total. The first-order chi connectivity index (χ1) is 11.7. The van der Waals surface area contributed by atoms with Crippen LogP contribution in [0.25, 0.3) is 11.0 Å². The zero-order chi connectivity index (χ0) is 18.6. The second kappa shape index (κ2) is 7.91. The fourth-order valence-corrected chi connectivity index (χ4v) is 3.33. The van der Waals surface area contributed by atoms with E-state index in [9.17, 15) is 9.59 Å². The second-order valence-corrected chi connectivity index (χ2v) is 7.59. The van der Waals surface area contributed by atoms with Crippen LogP contribution in [0.1, 0.15) is 45.0 Å². The topological polar surface area (TPSA) is 73.2 Å². The summed E-state index contributed by atoms with van der Waals surface area (Å²) in [6.07, 6.45) is 0. The summed E-state index contributed by atoms with van der Waals surface area (Å²) in [4.78, 5) is 28.5. The van der Waals surface area contributed by atoms with E-state index in [1.54, 1.807) is 19.1 Å². The number of amides is 1. The van der Waals surface area contributed by atoms with Crippen LogP contribution in [-0.2, 0) is 16.1 Å². The third-order valence-corrected chi connectivity index (χ3v) is 4.36. The number of carbonyl (C=O) groups is 2. The molecular weight excluding hydrogens is 338 g/mol. The highest BCUT2D eigenvalue weighted by atomic mass is 32.2. The average Bonchev–Trinajstić information content (AvgIpc) is 2.88. The normalized spacial score (nSPS) is 11.6. The molecule has 0 spiro atoms. The number of carbonyl (C=O) groups excluding carboxylic acids is 2. The van der Waals surface area contributed by atoms with Crippen molar-refractivity contribution in [2.45, 2.75) is 51.9 Å². The number of esters is 1. The van der Waals surface area contributed by atoms with E-state index in [0.717, 1.165) is 22.7 Å². The maximum Gasteiger partial charge on any atom is 0.338 e. The van der Waals surface area contributed by atoms with Gasteiger partial charge in [0.15, 0.2) is 5.16 Å². The van der Waals surface area contributed by atoms with E-state index in [4.69, 9.17) is 4.74 Å². The van der Waals surface area contributed by atoms with Crippen LogP contribution in [0, 0.1) is 0 Å². The van der Waals surface area contributed by atoms with Gasteiger partial charge in [-0.2, -0.15) is 0 Å². The highest BCUT2D eigenvalue weighted by Gasteiger charge is 2.17. The molecule has 0 bridgehead atoms. The Morgan fingerprint density at radius 2 is 2.00 bits per heavy atom. The molecule has 0 saturated carbocycles. The van der Waals surface area contributed by atoms with Crippen molar-refractivity contribution in [3.05, 3.63) is 23.8 Å². The molecule has 2 aromatic rings. The number of aryl methyl sites for hydroxylation is 1. The van der Waals surface area contributed by atoms with Crippen molar-refractivity contribution in [2.24, 2.45) is 0 Å². The molecule has 2 rings (SSSR count). The first-order valence-corrected chi connectivity index (χ1v) is 9.35. The number of benzene rings is 1. The Balaban J connectivity index is 2.22. The lowest BCUT2D eigenvalue weighted by atomic mass is 10.1. The molecule has 1 N–H and O–H groups in total. The van der Waals surface area contributed by atoms with Crippen LogP contribution < -0.4 is 5.32 Å². The molecule has 0 aliphatic heterocycles. The predicted molar refractivity (Wildman–Crippen MR) is 100.0 cm³/mol. The molecule has 25 heavy (non-hydrogen) atoms. The maximum absolute atomic E-state index is 12.0. The Morgan fingerprint density at radius 1 is 1.28 bits per heavy atom. The molecule has 0 aliphatic carbocycles. The largest absolute Gasteiger partial charge is 0.462 e. The van der Waals surface area contributed by atoms with Crippen molar-refractivity contribution in [1.29, 1.82) is 0 Å². The van der Waals surface area contributed by atoms with Crippen LogP contribution in [-0.4, -0.2) is 39.3 Å². The van der Waals surface area contributed by atoms with Crippen molar-refractivity contribution in [3.63, 3.8) is 0 Å². The molecule has 0 radical (unpaired) electrons. The lowest BCUT2D eigenvalue weighted by Crippen LogP contribution is -2.41. The van der Waals surface area contributed by atoms with Gasteiger partial charge in [0.05, 0.1) is 29.0 Å². The molecule has 0 unspecified atom stereocenters. The highest BCUT2D eigenvalue weighted by Crippen LogP contribution is 2.25. The van der Waals surface area contributed by atoms with Gasteiger partial charge < -0.3 is 14.6 Å². The van der Waals surface area contributed by atoms with Gasteiger partial charge in [-0.15, -0.1) is 0 Å². The Labute approximate surface area is 152 Å². The molecular formula is C18H25N3O3S. The van der Waals surface area contributed by atoms with E-state index < -0.39 is 0 Å². The van der Waals surface area contributed by atoms with Crippen molar-refractivity contribution in [2.75, 3.05) is 12.4 Å². The monoisotopic (exact) mass is 363 g/mol. The molecule has 1 aromatic carbocycles. The number of rotatable bonds is 6. The van der Waals surface area contributed by atoms with Crippen LogP contribution in [0.5, 0.6) is 0 Å².